The topological polar surface area (TPSA) is 35.9 Å². The summed E-state index contributed by atoms with van der Waals surface area (Å²) in [6.07, 6.45) is 5.30. The Labute approximate surface area is 479 Å². The molecule has 0 aliphatic rings. The summed E-state index contributed by atoms with van der Waals surface area (Å²) in [7, 11) is -2.94. The van der Waals surface area contributed by atoms with Gasteiger partial charge in [0.05, 0.1) is 30.4 Å². The molecule has 0 bridgehead atoms. The number of benzene rings is 10. The van der Waals surface area contributed by atoms with Crippen LogP contribution >= 0.6 is 0 Å². The van der Waals surface area contributed by atoms with Crippen molar-refractivity contribution in [2.45, 2.75) is 26.2 Å². The van der Waals surface area contributed by atoms with Gasteiger partial charge in [-0.05, 0) is 83.3 Å². The first-order valence-corrected chi connectivity index (χ1v) is 27.0. The number of nitrogens with zero attached hydrogens (tertiary/aromatic N) is 4. The molecule has 0 aliphatic carbocycles. The van der Waals surface area contributed by atoms with Crippen LogP contribution in [0, 0.1) is 18.5 Å². The molecule has 0 saturated carbocycles. The van der Waals surface area contributed by atoms with Crippen LogP contribution in [0.25, 0.3) is 72.3 Å². The third-order valence-corrected chi connectivity index (χ3v) is 18.9. The maximum atomic E-state index is 9.10. The summed E-state index contributed by atoms with van der Waals surface area (Å²) in [6, 6.07) is 67.0. The third kappa shape index (κ3) is 8.84. The van der Waals surface area contributed by atoms with Crippen molar-refractivity contribution in [1.29, 1.82) is 0 Å². The number of rotatable bonds is 11. The molecule has 0 unspecified atom stereocenters. The first-order valence-electron chi connectivity index (χ1n) is 30.0. The Morgan fingerprint density at radius 1 is 0.532 bits per heavy atom. The van der Waals surface area contributed by atoms with E-state index < -0.39 is 68.5 Å². The van der Waals surface area contributed by atoms with Crippen LogP contribution in [0.15, 0.2) is 261 Å². The molecule has 3 aromatic heterocycles. The van der Waals surface area contributed by atoms with Crippen molar-refractivity contribution in [3.05, 3.63) is 285 Å². The minimum Gasteiger partial charge on any atom is -0.510 e. The molecule has 77 heavy (non-hydrogen) atoms. The summed E-state index contributed by atoms with van der Waals surface area (Å²) in [6.45, 7) is 6.56. The van der Waals surface area contributed by atoms with Crippen LogP contribution < -0.4 is 30.1 Å². The summed E-state index contributed by atoms with van der Waals surface area (Å²) in [4.78, 5) is 5.01. The van der Waals surface area contributed by atoms with Crippen molar-refractivity contribution in [2.24, 2.45) is 0 Å². The Morgan fingerprint density at radius 3 is 1.74 bits per heavy atom. The van der Waals surface area contributed by atoms with Crippen LogP contribution in [-0.4, -0.2) is 22.2 Å². The van der Waals surface area contributed by atoms with E-state index in [1.807, 2.05) is 48.7 Å². The van der Waals surface area contributed by atoms with Crippen LogP contribution in [0.3, 0.4) is 0 Å². The van der Waals surface area contributed by atoms with Crippen molar-refractivity contribution in [3.8, 4) is 50.9 Å². The number of ether oxygens (including phenoxy) is 1. The van der Waals surface area contributed by atoms with E-state index in [-0.39, 0.29) is 54.4 Å². The predicted molar refractivity (Wildman–Crippen MR) is 313 cm³/mol. The molecular formula is C70H52N4OPtSi-2. The first kappa shape index (κ1) is 38.8. The van der Waals surface area contributed by atoms with E-state index in [0.29, 0.717) is 28.2 Å². The standard InChI is InChI=1S/C70H52N4OSi.Pt/c1-70(2,3)52-43-44-71-68(45-52)74-64-42-40-59(76(56-29-13-6-14-30-56,57-31-15-7-16-32-57)58-33-17-8-18-34-58)48-63(64)62-41-39-55(47-67(62)74)75-54-28-21-27-53(46-54)72-49-73(66-38-20-19-37-65(66)72)69-60(50-23-9-4-10-24-50)35-22-36-61(69)51-25-11-5-12-26-51;/h4-45,48H,1-3H3;/q-2;/i4D,5D,9D,10D,11D,12D,23D,24D,25D,26D;. The van der Waals surface area contributed by atoms with Gasteiger partial charge in [0.15, 0.2) is 8.07 Å². The number of hydrogen-bond donors (Lipinski definition) is 0. The average molecular weight is 1200 g/mol. The summed E-state index contributed by atoms with van der Waals surface area (Å²) >= 11 is 0. The van der Waals surface area contributed by atoms with E-state index in [9.17, 15) is 0 Å². The molecule has 0 aliphatic heterocycles. The fourth-order valence-electron chi connectivity index (χ4n) is 10.6. The van der Waals surface area contributed by atoms with Gasteiger partial charge in [0.2, 0.25) is 0 Å². The van der Waals surface area contributed by atoms with Crippen molar-refractivity contribution in [3.63, 3.8) is 0 Å². The van der Waals surface area contributed by atoms with Crippen LogP contribution in [0.5, 0.6) is 11.5 Å². The van der Waals surface area contributed by atoms with E-state index in [4.69, 9.17) is 23.4 Å². The number of para-hydroxylation sites is 3. The Hall–Kier alpha value is -8.67. The monoisotopic (exact) mass is 1200 g/mol. The summed E-state index contributed by atoms with van der Waals surface area (Å²) in [5.41, 5.74) is 4.42. The van der Waals surface area contributed by atoms with E-state index in [1.54, 1.807) is 33.4 Å². The zero-order valence-electron chi connectivity index (χ0n) is 52.1. The SMILES string of the molecule is [2H]c1c([2H])c([2H])c(-c2cccc(-c3c([2H])c([2H])c([2H])c([2H])c3[2H])c2-[n+]2[c-]n(-c3[c-]c(Oc4[c-]c5c(cc4)c4cc([Si](c6ccccc6)(c6ccccc6)c6ccccc6)ccc4n5-c4cc(C(C)(C)C)ccn4)ccc3)c3ccccc32)c([2H])c1[2H].[Pt]. The molecule has 0 spiro atoms. The minimum absolute atomic E-state index is 0. The zero-order chi connectivity index (χ0) is 59.9. The quantitative estimate of drug-likeness (QED) is 0.0560. The van der Waals surface area contributed by atoms with Gasteiger partial charge < -0.3 is 13.9 Å². The van der Waals surface area contributed by atoms with Gasteiger partial charge in [0.25, 0.3) is 6.33 Å². The number of fused-ring (bicyclic) bond motifs is 4. The molecule has 13 rings (SSSR count). The number of hydrogen-bond acceptors (Lipinski definition) is 2. The van der Waals surface area contributed by atoms with E-state index in [2.05, 4.69) is 171 Å². The molecule has 374 valence electrons. The van der Waals surface area contributed by atoms with Gasteiger partial charge in [-0.1, -0.05) is 232 Å². The Balaban J connectivity index is 0.00000739. The molecule has 5 nitrogen and oxygen atoms in total. The third-order valence-electron chi connectivity index (χ3n) is 14.1. The molecule has 0 radical (unpaired) electrons. The molecule has 0 atom stereocenters. The van der Waals surface area contributed by atoms with Gasteiger partial charge >= 0.3 is 0 Å². The maximum absolute atomic E-state index is 9.10. The molecule has 0 fully saturated rings. The maximum Gasteiger partial charge on any atom is 0.268 e. The number of imidazole rings is 1. The summed E-state index contributed by atoms with van der Waals surface area (Å²) in [5.74, 6) is 1.49. The molecule has 3 heterocycles. The van der Waals surface area contributed by atoms with Crippen LogP contribution in [0.4, 0.5) is 0 Å². The van der Waals surface area contributed by atoms with Gasteiger partial charge in [-0.3, -0.25) is 4.57 Å². The molecule has 13 aromatic rings. The summed E-state index contributed by atoms with van der Waals surface area (Å²) in [5, 5.41) is 6.99. The largest absolute Gasteiger partial charge is 0.510 e. The smallest absolute Gasteiger partial charge is 0.268 e. The second-order valence-corrected chi connectivity index (χ2v) is 23.4. The molecule has 7 heteroatoms. The van der Waals surface area contributed by atoms with E-state index in [0.717, 1.165) is 33.2 Å². The second kappa shape index (κ2) is 20.5. The van der Waals surface area contributed by atoms with Gasteiger partial charge in [-0.25, -0.2) is 4.98 Å². The van der Waals surface area contributed by atoms with Crippen molar-refractivity contribution >= 4 is 61.7 Å². The van der Waals surface area contributed by atoms with Gasteiger partial charge in [0, 0.05) is 44.3 Å². The average Bonchev–Trinajstić information content (AvgIpc) is 1.77. The van der Waals surface area contributed by atoms with E-state index in [1.165, 1.54) is 20.7 Å². The Morgan fingerprint density at radius 2 is 1.12 bits per heavy atom. The number of pyridine rings is 1. The van der Waals surface area contributed by atoms with Gasteiger partial charge in [0.1, 0.15) is 5.82 Å². The fraction of sp³-hybridized carbons (Fsp3) is 0.0571. The van der Waals surface area contributed by atoms with E-state index >= 15 is 0 Å². The predicted octanol–water partition coefficient (Wildman–Crippen LogP) is 13.6. The first-order chi connectivity index (χ1) is 41.5. The Kier molecular flexibility index (Phi) is 10.3. The molecule has 0 saturated heterocycles. The summed E-state index contributed by atoms with van der Waals surface area (Å²) < 4.78 is 100. The van der Waals surface area contributed by atoms with Crippen LogP contribution in [0.1, 0.15) is 40.0 Å². The molecule has 0 amide bonds. The van der Waals surface area contributed by atoms with Crippen molar-refractivity contribution in [1.82, 2.24) is 14.1 Å². The minimum atomic E-state index is -2.94. The van der Waals surface area contributed by atoms with Crippen molar-refractivity contribution in [2.75, 3.05) is 0 Å². The molecule has 0 N–H and O–H groups in total. The van der Waals surface area contributed by atoms with Crippen LogP contribution in [-0.2, 0) is 26.5 Å². The number of aromatic nitrogens is 4. The van der Waals surface area contributed by atoms with Crippen molar-refractivity contribution < 1.29 is 44.1 Å². The van der Waals surface area contributed by atoms with Crippen LogP contribution in [0.2, 0.25) is 0 Å². The zero-order valence-corrected chi connectivity index (χ0v) is 45.3. The second-order valence-electron chi connectivity index (χ2n) is 19.6. The van der Waals surface area contributed by atoms with Gasteiger partial charge in [-0.2, -0.15) is 18.2 Å². The van der Waals surface area contributed by atoms with Gasteiger partial charge in [-0.15, -0.1) is 29.7 Å². The normalized spacial score (nSPS) is 13.5. The molecular weight excluding hydrogens is 1140 g/mol. The fourth-order valence-corrected chi connectivity index (χ4v) is 15.4. The molecule has 10 aromatic carbocycles. The Bertz CT molecular complexity index is 4620.